The number of benzene rings is 2. The summed E-state index contributed by atoms with van der Waals surface area (Å²) in [4.78, 5) is 28.6. The Labute approximate surface area is 177 Å². The highest BCUT2D eigenvalue weighted by molar-refractivity contribution is 7.17. The molecule has 2 heterocycles. The molecule has 4 rings (SSSR count). The van der Waals surface area contributed by atoms with E-state index in [0.29, 0.717) is 17.0 Å². The van der Waals surface area contributed by atoms with Gasteiger partial charge in [0.15, 0.2) is 0 Å². The highest BCUT2D eigenvalue weighted by Crippen LogP contribution is 2.43. The van der Waals surface area contributed by atoms with Gasteiger partial charge < -0.3 is 19.7 Å². The van der Waals surface area contributed by atoms with E-state index < -0.39 is 6.09 Å². The van der Waals surface area contributed by atoms with E-state index in [-0.39, 0.29) is 11.6 Å². The van der Waals surface area contributed by atoms with Crippen LogP contribution in [0.15, 0.2) is 52.6 Å². The van der Waals surface area contributed by atoms with Gasteiger partial charge in [-0.15, -0.1) is 11.3 Å². The van der Waals surface area contributed by atoms with Crippen molar-refractivity contribution >= 4 is 38.4 Å². The largest absolute Gasteiger partial charge is 0.496 e. The van der Waals surface area contributed by atoms with Crippen molar-refractivity contribution in [1.29, 1.82) is 0 Å². The van der Waals surface area contributed by atoms with E-state index in [9.17, 15) is 14.7 Å². The highest BCUT2D eigenvalue weighted by atomic mass is 32.1. The number of rotatable bonds is 5. The Bertz CT molecular complexity index is 1310. The second kappa shape index (κ2) is 7.84. The topological polar surface area (TPSA) is 82.6 Å². The van der Waals surface area contributed by atoms with Crippen molar-refractivity contribution in [3.63, 3.8) is 0 Å². The van der Waals surface area contributed by atoms with E-state index in [1.54, 1.807) is 7.11 Å². The summed E-state index contributed by atoms with van der Waals surface area (Å²) in [7, 11) is 1.61. The predicted octanol–water partition coefficient (Wildman–Crippen LogP) is 5.48. The maximum absolute atomic E-state index is 12.5. The van der Waals surface area contributed by atoms with Crippen LogP contribution < -0.4 is 10.3 Å². The number of aromatic amines is 1. The predicted molar refractivity (Wildman–Crippen MR) is 121 cm³/mol. The molecule has 2 aromatic heterocycles. The molecule has 0 spiro atoms. The zero-order valence-corrected chi connectivity index (χ0v) is 17.7. The van der Waals surface area contributed by atoms with E-state index in [1.807, 2.05) is 61.7 Å². The SMILES string of the molecule is CCN(C(=O)O)C(C)c1ccccc1-c1c(OC)ccc2[nH]c(=O)c3sccc3c12. The number of amides is 1. The Kier molecular flexibility index (Phi) is 5.22. The molecule has 6 nitrogen and oxygen atoms in total. The van der Waals surface area contributed by atoms with Gasteiger partial charge in [0.1, 0.15) is 10.4 Å². The summed E-state index contributed by atoms with van der Waals surface area (Å²) in [5.41, 5.74) is 3.20. The van der Waals surface area contributed by atoms with Crippen LogP contribution in [0.3, 0.4) is 0 Å². The molecular formula is C23H22N2O4S. The Hall–Kier alpha value is -3.32. The van der Waals surface area contributed by atoms with E-state index in [4.69, 9.17) is 4.74 Å². The third-order valence-corrected chi connectivity index (χ3v) is 6.42. The first kappa shape index (κ1) is 20.0. The summed E-state index contributed by atoms with van der Waals surface area (Å²) in [6.45, 7) is 4.08. The number of thiophene rings is 1. The van der Waals surface area contributed by atoms with Gasteiger partial charge in [-0.3, -0.25) is 4.79 Å². The molecule has 2 N–H and O–H groups in total. The monoisotopic (exact) mass is 422 g/mol. The van der Waals surface area contributed by atoms with Gasteiger partial charge in [-0.05, 0) is 48.6 Å². The summed E-state index contributed by atoms with van der Waals surface area (Å²) in [5.74, 6) is 0.667. The lowest BCUT2D eigenvalue weighted by Crippen LogP contribution is -2.32. The molecule has 7 heteroatoms. The fourth-order valence-electron chi connectivity index (χ4n) is 4.10. The van der Waals surface area contributed by atoms with E-state index in [2.05, 4.69) is 4.98 Å². The van der Waals surface area contributed by atoms with Crippen LogP contribution in [0.25, 0.3) is 32.1 Å². The number of carboxylic acid groups (broad SMARTS) is 1. The second-order valence-electron chi connectivity index (χ2n) is 7.01. The van der Waals surface area contributed by atoms with E-state index in [0.717, 1.165) is 33.0 Å². The second-order valence-corrected chi connectivity index (χ2v) is 7.93. The lowest BCUT2D eigenvalue weighted by atomic mass is 9.91. The van der Waals surface area contributed by atoms with Crippen LogP contribution in [0.2, 0.25) is 0 Å². The van der Waals surface area contributed by atoms with Crippen molar-refractivity contribution in [1.82, 2.24) is 9.88 Å². The number of hydrogen-bond donors (Lipinski definition) is 2. The zero-order chi connectivity index (χ0) is 21.4. The van der Waals surface area contributed by atoms with E-state index >= 15 is 0 Å². The molecule has 0 radical (unpaired) electrons. The minimum absolute atomic E-state index is 0.117. The third kappa shape index (κ3) is 3.11. The van der Waals surface area contributed by atoms with Gasteiger partial charge in [0.25, 0.3) is 5.56 Å². The van der Waals surface area contributed by atoms with Crippen LogP contribution in [-0.2, 0) is 0 Å². The summed E-state index contributed by atoms with van der Waals surface area (Å²) in [6.07, 6.45) is -0.964. The Morgan fingerprint density at radius 1 is 1.23 bits per heavy atom. The molecule has 154 valence electrons. The maximum atomic E-state index is 12.5. The molecule has 0 aliphatic rings. The van der Waals surface area contributed by atoms with Crippen LogP contribution >= 0.6 is 11.3 Å². The number of fused-ring (bicyclic) bond motifs is 3. The summed E-state index contributed by atoms with van der Waals surface area (Å²) >= 11 is 1.40. The van der Waals surface area contributed by atoms with Crippen molar-refractivity contribution in [2.45, 2.75) is 19.9 Å². The maximum Gasteiger partial charge on any atom is 0.407 e. The number of hydrogen-bond acceptors (Lipinski definition) is 4. The van der Waals surface area contributed by atoms with Gasteiger partial charge in [0, 0.05) is 28.4 Å². The van der Waals surface area contributed by atoms with Crippen LogP contribution in [0.5, 0.6) is 5.75 Å². The highest BCUT2D eigenvalue weighted by Gasteiger charge is 2.24. The average molecular weight is 423 g/mol. The van der Waals surface area contributed by atoms with Gasteiger partial charge in [0.2, 0.25) is 0 Å². The van der Waals surface area contributed by atoms with Crippen LogP contribution in [0.1, 0.15) is 25.5 Å². The number of ether oxygens (including phenoxy) is 1. The molecular weight excluding hydrogens is 400 g/mol. The molecule has 1 unspecified atom stereocenters. The lowest BCUT2D eigenvalue weighted by Gasteiger charge is -2.28. The number of H-pyrrole nitrogens is 1. The number of nitrogens with zero attached hydrogens (tertiary/aromatic N) is 1. The van der Waals surface area contributed by atoms with Crippen molar-refractivity contribution in [3.05, 3.63) is 63.8 Å². The van der Waals surface area contributed by atoms with Gasteiger partial charge in [-0.25, -0.2) is 4.79 Å². The molecule has 0 aliphatic heterocycles. The average Bonchev–Trinajstić information content (AvgIpc) is 3.24. The summed E-state index contributed by atoms with van der Waals surface area (Å²) in [6, 6.07) is 13.0. The Morgan fingerprint density at radius 3 is 2.70 bits per heavy atom. The van der Waals surface area contributed by atoms with E-state index in [1.165, 1.54) is 16.2 Å². The van der Waals surface area contributed by atoms with Crippen LogP contribution in [-0.4, -0.2) is 34.7 Å². The third-order valence-electron chi connectivity index (χ3n) is 5.51. The van der Waals surface area contributed by atoms with Gasteiger partial charge in [-0.1, -0.05) is 24.3 Å². The van der Waals surface area contributed by atoms with Crippen molar-refractivity contribution < 1.29 is 14.6 Å². The fraction of sp³-hybridized carbons (Fsp3) is 0.217. The van der Waals surface area contributed by atoms with Gasteiger partial charge in [-0.2, -0.15) is 0 Å². The molecule has 0 aliphatic carbocycles. The number of carbonyl (C=O) groups is 1. The van der Waals surface area contributed by atoms with Crippen LogP contribution in [0, 0.1) is 0 Å². The first-order valence-corrected chi connectivity index (χ1v) is 10.5. The lowest BCUT2D eigenvalue weighted by molar-refractivity contribution is 0.131. The molecule has 1 amide bonds. The molecule has 30 heavy (non-hydrogen) atoms. The van der Waals surface area contributed by atoms with Crippen molar-refractivity contribution in [2.24, 2.45) is 0 Å². The zero-order valence-electron chi connectivity index (χ0n) is 16.9. The number of pyridine rings is 1. The smallest absolute Gasteiger partial charge is 0.407 e. The van der Waals surface area contributed by atoms with Crippen LogP contribution in [0.4, 0.5) is 4.79 Å². The summed E-state index contributed by atoms with van der Waals surface area (Å²) < 4.78 is 6.37. The minimum Gasteiger partial charge on any atom is -0.496 e. The molecule has 0 saturated carbocycles. The molecule has 0 bridgehead atoms. The molecule has 4 aromatic rings. The molecule has 0 saturated heterocycles. The number of methoxy groups -OCH3 is 1. The fourth-order valence-corrected chi connectivity index (χ4v) is 4.89. The Balaban J connectivity index is 2.09. The standard InChI is InChI=1S/C23H22N2O4S/c1-4-25(23(27)28)13(2)14-7-5-6-8-15(14)20-18(29-3)10-9-17-19(20)16-11-12-30-21(16)22(26)24-17/h5-13H,4H2,1-3H3,(H,24,26)(H,27,28). The number of aromatic nitrogens is 1. The Morgan fingerprint density at radius 2 is 2.00 bits per heavy atom. The molecule has 1 atom stereocenters. The van der Waals surface area contributed by atoms with Crippen molar-refractivity contribution in [2.75, 3.05) is 13.7 Å². The van der Waals surface area contributed by atoms with Gasteiger partial charge in [0.05, 0.1) is 13.2 Å². The molecule has 0 fully saturated rings. The molecule has 2 aromatic carbocycles. The first-order chi connectivity index (χ1) is 14.5. The van der Waals surface area contributed by atoms with Crippen molar-refractivity contribution in [3.8, 4) is 16.9 Å². The quantitative estimate of drug-likeness (QED) is 0.446. The minimum atomic E-state index is -0.964. The summed E-state index contributed by atoms with van der Waals surface area (Å²) in [5, 5.41) is 13.3. The normalized spacial score (nSPS) is 12.2. The number of nitrogens with one attached hydrogen (secondary N) is 1. The van der Waals surface area contributed by atoms with Gasteiger partial charge >= 0.3 is 6.09 Å². The first-order valence-electron chi connectivity index (χ1n) is 9.67.